The minimum atomic E-state index is -0.244. The van der Waals surface area contributed by atoms with Crippen LogP contribution in [0.4, 0.5) is 5.69 Å². The van der Waals surface area contributed by atoms with Crippen LogP contribution in [0, 0.1) is 0 Å². The van der Waals surface area contributed by atoms with E-state index in [-0.39, 0.29) is 5.60 Å². The summed E-state index contributed by atoms with van der Waals surface area (Å²) >= 11 is 6.22. The molecule has 1 heterocycles. The van der Waals surface area contributed by atoms with Crippen LogP contribution >= 0.6 is 11.6 Å². The Kier molecular flexibility index (Phi) is 5.17. The molecule has 0 aliphatic carbocycles. The second-order valence-corrected chi connectivity index (χ2v) is 6.84. The third kappa shape index (κ3) is 4.34. The summed E-state index contributed by atoms with van der Waals surface area (Å²) in [5, 5.41) is 0.557. The lowest BCUT2D eigenvalue weighted by Crippen LogP contribution is -2.37. The SMILES string of the molecule is CC1(Oc2ccc(N)cc2Cl)CCN(CCOc2ccccc2)C1. The highest BCUT2D eigenvalue weighted by molar-refractivity contribution is 6.32. The molecule has 1 saturated heterocycles. The van der Waals surface area contributed by atoms with E-state index >= 15 is 0 Å². The summed E-state index contributed by atoms with van der Waals surface area (Å²) in [7, 11) is 0. The highest BCUT2D eigenvalue weighted by Crippen LogP contribution is 2.33. The first-order valence-corrected chi connectivity index (χ1v) is 8.56. The maximum absolute atomic E-state index is 6.22. The zero-order valence-electron chi connectivity index (χ0n) is 13.9. The van der Waals surface area contributed by atoms with E-state index in [1.54, 1.807) is 6.07 Å². The molecule has 0 amide bonds. The standard InChI is InChI=1S/C19H23ClN2O2/c1-19(24-18-8-7-15(21)13-17(18)20)9-10-22(14-19)11-12-23-16-5-3-2-4-6-16/h2-8,13H,9-12,14,21H2,1H3. The van der Waals surface area contributed by atoms with Crippen LogP contribution in [0.2, 0.25) is 5.02 Å². The molecule has 1 aliphatic rings. The topological polar surface area (TPSA) is 47.7 Å². The van der Waals surface area contributed by atoms with E-state index in [1.165, 1.54) is 0 Å². The van der Waals surface area contributed by atoms with Gasteiger partial charge in [0.25, 0.3) is 0 Å². The van der Waals surface area contributed by atoms with Gasteiger partial charge in [0, 0.05) is 31.7 Å². The lowest BCUT2D eigenvalue weighted by atomic mass is 10.1. The van der Waals surface area contributed by atoms with Crippen molar-refractivity contribution >= 4 is 17.3 Å². The number of hydrogen-bond donors (Lipinski definition) is 1. The van der Waals surface area contributed by atoms with Gasteiger partial charge >= 0.3 is 0 Å². The summed E-state index contributed by atoms with van der Waals surface area (Å²) < 4.78 is 11.9. The Bertz CT molecular complexity index is 680. The van der Waals surface area contributed by atoms with E-state index in [4.69, 9.17) is 26.8 Å². The fourth-order valence-electron chi connectivity index (χ4n) is 2.97. The fraction of sp³-hybridized carbons (Fsp3) is 0.368. The second kappa shape index (κ2) is 7.32. The zero-order valence-corrected chi connectivity index (χ0v) is 14.6. The average molecular weight is 347 g/mol. The van der Waals surface area contributed by atoms with E-state index in [0.717, 1.165) is 31.8 Å². The summed E-state index contributed by atoms with van der Waals surface area (Å²) in [5.74, 6) is 1.60. The summed E-state index contributed by atoms with van der Waals surface area (Å²) in [5.41, 5.74) is 6.13. The summed E-state index contributed by atoms with van der Waals surface area (Å²) in [4.78, 5) is 2.36. The normalized spacial score (nSPS) is 20.9. The van der Waals surface area contributed by atoms with Gasteiger partial charge < -0.3 is 15.2 Å². The third-order valence-electron chi connectivity index (χ3n) is 4.25. The molecule has 1 atom stereocenters. The Hall–Kier alpha value is -1.91. The number of rotatable bonds is 6. The van der Waals surface area contributed by atoms with Gasteiger partial charge in [-0.25, -0.2) is 0 Å². The van der Waals surface area contributed by atoms with Gasteiger partial charge in [0.15, 0.2) is 0 Å². The van der Waals surface area contributed by atoms with Gasteiger partial charge in [-0.2, -0.15) is 0 Å². The molecule has 4 nitrogen and oxygen atoms in total. The molecular formula is C19H23ClN2O2. The maximum atomic E-state index is 6.22. The van der Waals surface area contributed by atoms with Crippen molar-refractivity contribution in [3.63, 3.8) is 0 Å². The first-order valence-electron chi connectivity index (χ1n) is 8.18. The van der Waals surface area contributed by atoms with Crippen LogP contribution in [-0.2, 0) is 0 Å². The third-order valence-corrected chi connectivity index (χ3v) is 4.54. The Labute approximate surface area is 148 Å². The number of nitrogens with two attached hydrogens (primary N) is 1. The van der Waals surface area contributed by atoms with Crippen molar-refractivity contribution in [3.8, 4) is 11.5 Å². The molecule has 1 aliphatic heterocycles. The largest absolute Gasteiger partial charge is 0.492 e. The molecule has 2 aromatic rings. The van der Waals surface area contributed by atoms with Crippen LogP contribution < -0.4 is 15.2 Å². The van der Waals surface area contributed by atoms with Crippen molar-refractivity contribution in [1.29, 1.82) is 0 Å². The second-order valence-electron chi connectivity index (χ2n) is 6.43. The van der Waals surface area contributed by atoms with Crippen molar-refractivity contribution in [1.82, 2.24) is 4.90 Å². The highest BCUT2D eigenvalue weighted by atomic mass is 35.5. The smallest absolute Gasteiger partial charge is 0.138 e. The number of likely N-dealkylation sites (tertiary alicyclic amines) is 1. The van der Waals surface area contributed by atoms with Crippen molar-refractivity contribution in [2.24, 2.45) is 0 Å². The fourth-order valence-corrected chi connectivity index (χ4v) is 3.20. The Morgan fingerprint density at radius 1 is 1.21 bits per heavy atom. The van der Waals surface area contributed by atoms with Crippen LogP contribution in [0.3, 0.4) is 0 Å². The quantitative estimate of drug-likeness (QED) is 0.807. The molecular weight excluding hydrogens is 324 g/mol. The number of para-hydroxylation sites is 1. The summed E-state index contributed by atoms with van der Waals surface area (Å²) in [6.07, 6.45) is 0.957. The molecule has 128 valence electrons. The van der Waals surface area contributed by atoms with E-state index in [9.17, 15) is 0 Å². The van der Waals surface area contributed by atoms with Crippen molar-refractivity contribution in [3.05, 3.63) is 53.6 Å². The van der Waals surface area contributed by atoms with E-state index < -0.39 is 0 Å². The summed E-state index contributed by atoms with van der Waals surface area (Å²) in [6.45, 7) is 5.51. The molecule has 0 aromatic heterocycles. The lowest BCUT2D eigenvalue weighted by molar-refractivity contribution is 0.0936. The van der Waals surface area contributed by atoms with Crippen molar-refractivity contribution < 1.29 is 9.47 Å². The van der Waals surface area contributed by atoms with E-state index in [0.29, 0.717) is 23.1 Å². The van der Waals surface area contributed by atoms with E-state index in [2.05, 4.69) is 11.8 Å². The molecule has 1 fully saturated rings. The van der Waals surface area contributed by atoms with Gasteiger partial charge in [-0.3, -0.25) is 4.90 Å². The van der Waals surface area contributed by atoms with E-state index in [1.807, 2.05) is 42.5 Å². The van der Waals surface area contributed by atoms with Crippen LogP contribution in [0.25, 0.3) is 0 Å². The predicted octanol–water partition coefficient (Wildman–Crippen LogP) is 3.84. The number of benzene rings is 2. The molecule has 3 rings (SSSR count). The monoisotopic (exact) mass is 346 g/mol. The number of nitrogens with zero attached hydrogens (tertiary/aromatic N) is 1. The van der Waals surface area contributed by atoms with Crippen LogP contribution in [0.5, 0.6) is 11.5 Å². The minimum Gasteiger partial charge on any atom is -0.492 e. The molecule has 1 unspecified atom stereocenters. The maximum Gasteiger partial charge on any atom is 0.138 e. The van der Waals surface area contributed by atoms with Crippen LogP contribution in [0.1, 0.15) is 13.3 Å². The van der Waals surface area contributed by atoms with Crippen LogP contribution in [-0.4, -0.2) is 36.7 Å². The molecule has 0 bridgehead atoms. The van der Waals surface area contributed by atoms with Crippen LogP contribution in [0.15, 0.2) is 48.5 Å². The Morgan fingerprint density at radius 2 is 2.00 bits per heavy atom. The van der Waals surface area contributed by atoms with Gasteiger partial charge in [-0.15, -0.1) is 0 Å². The zero-order chi connectivity index (χ0) is 17.0. The molecule has 0 saturated carbocycles. The minimum absolute atomic E-state index is 0.244. The van der Waals surface area contributed by atoms with Gasteiger partial charge in [0.2, 0.25) is 0 Å². The number of halogens is 1. The first-order chi connectivity index (χ1) is 11.5. The van der Waals surface area contributed by atoms with Gasteiger partial charge in [-0.05, 0) is 37.3 Å². The molecule has 5 heteroatoms. The number of ether oxygens (including phenoxy) is 2. The number of anilines is 1. The Balaban J connectivity index is 1.50. The highest BCUT2D eigenvalue weighted by Gasteiger charge is 2.36. The average Bonchev–Trinajstić information content (AvgIpc) is 2.93. The van der Waals surface area contributed by atoms with Crippen molar-refractivity contribution in [2.75, 3.05) is 32.0 Å². The molecule has 2 N–H and O–H groups in total. The molecule has 24 heavy (non-hydrogen) atoms. The Morgan fingerprint density at radius 3 is 2.75 bits per heavy atom. The van der Waals surface area contributed by atoms with Gasteiger partial charge in [-0.1, -0.05) is 29.8 Å². The number of nitrogen functional groups attached to an aromatic ring is 1. The lowest BCUT2D eigenvalue weighted by Gasteiger charge is -2.27. The van der Waals surface area contributed by atoms with Crippen molar-refractivity contribution in [2.45, 2.75) is 18.9 Å². The van der Waals surface area contributed by atoms with Gasteiger partial charge in [0.1, 0.15) is 23.7 Å². The molecule has 0 spiro atoms. The molecule has 2 aromatic carbocycles. The first kappa shape index (κ1) is 16.9. The summed E-state index contributed by atoms with van der Waals surface area (Å²) in [6, 6.07) is 15.3. The van der Waals surface area contributed by atoms with Gasteiger partial charge in [0.05, 0.1) is 5.02 Å². The predicted molar refractivity (Wildman–Crippen MR) is 97.9 cm³/mol. The number of hydrogen-bond acceptors (Lipinski definition) is 4. The molecule has 0 radical (unpaired) electrons.